The van der Waals surface area contributed by atoms with Crippen LogP contribution in [0.5, 0.6) is 11.6 Å². The van der Waals surface area contributed by atoms with E-state index in [9.17, 15) is 8.78 Å². The molecule has 1 fully saturated rings. The fourth-order valence-corrected chi connectivity index (χ4v) is 4.77. The molecule has 196 valence electrons. The topological polar surface area (TPSA) is 87.4 Å². The van der Waals surface area contributed by atoms with Crippen molar-refractivity contribution in [2.45, 2.75) is 31.9 Å². The van der Waals surface area contributed by atoms with Gasteiger partial charge in [0.25, 0.3) is 6.43 Å². The lowest BCUT2D eigenvalue weighted by Crippen LogP contribution is -2.49. The second-order valence-electron chi connectivity index (χ2n) is 9.23. The minimum Gasteiger partial charge on any atom is -0.497 e. The predicted octanol–water partition coefficient (Wildman–Crippen LogP) is 4.64. The lowest BCUT2D eigenvalue weighted by Gasteiger charge is -2.38. The van der Waals surface area contributed by atoms with Gasteiger partial charge in [-0.05, 0) is 48.2 Å². The van der Waals surface area contributed by atoms with E-state index in [0.717, 1.165) is 56.0 Å². The maximum Gasteiger partial charge on any atom is 0.270 e. The standard InChI is InChI=1S/C28H28F2N6O2/c1-37-23-7-2-19(3-8-23)18-38-28-24(26(29)30)17-33-27(34-28)21-5-6-22(14-21)35-10-12-36(13-11-35)25-9-4-20(15-31)16-32-25/h2-4,7-9,14,16-17,22,26H,5-6,10-13,18H2,1H3. The fourth-order valence-electron chi connectivity index (χ4n) is 4.77. The van der Waals surface area contributed by atoms with Crippen molar-refractivity contribution in [3.05, 3.63) is 77.4 Å². The SMILES string of the molecule is COc1ccc(COc2nc(C3=CC(N4CCN(c5ccc(C#N)cn5)CC4)CC3)ncc2C(F)F)cc1. The Kier molecular flexibility index (Phi) is 7.75. The first-order chi connectivity index (χ1) is 18.5. The minimum atomic E-state index is -2.73. The molecule has 3 aromatic rings. The highest BCUT2D eigenvalue weighted by Gasteiger charge is 2.28. The molecule has 0 spiro atoms. The van der Waals surface area contributed by atoms with Gasteiger partial charge in [0, 0.05) is 44.6 Å². The summed E-state index contributed by atoms with van der Waals surface area (Å²) in [5.74, 6) is 1.93. The van der Waals surface area contributed by atoms with Crippen molar-refractivity contribution in [3.8, 4) is 17.7 Å². The molecule has 38 heavy (non-hydrogen) atoms. The van der Waals surface area contributed by atoms with Crippen LogP contribution in [0.15, 0.2) is 54.9 Å². The van der Waals surface area contributed by atoms with Gasteiger partial charge in [-0.3, -0.25) is 4.90 Å². The molecule has 8 nitrogen and oxygen atoms in total. The zero-order valence-electron chi connectivity index (χ0n) is 21.1. The van der Waals surface area contributed by atoms with Crippen LogP contribution in [-0.2, 0) is 6.61 Å². The van der Waals surface area contributed by atoms with Gasteiger partial charge in [-0.25, -0.2) is 18.7 Å². The number of alkyl halides is 2. The number of nitrogens with zero attached hydrogens (tertiary/aromatic N) is 6. The first-order valence-electron chi connectivity index (χ1n) is 12.5. The monoisotopic (exact) mass is 518 g/mol. The largest absolute Gasteiger partial charge is 0.497 e. The van der Waals surface area contributed by atoms with Crippen molar-refractivity contribution in [3.63, 3.8) is 0 Å². The van der Waals surface area contributed by atoms with Crippen LogP contribution < -0.4 is 14.4 Å². The molecule has 0 saturated carbocycles. The predicted molar refractivity (Wildman–Crippen MR) is 138 cm³/mol. The van der Waals surface area contributed by atoms with Crippen LogP contribution in [0.3, 0.4) is 0 Å². The molecule has 0 amide bonds. The van der Waals surface area contributed by atoms with Gasteiger partial charge in [0.1, 0.15) is 24.2 Å². The molecule has 1 unspecified atom stereocenters. The van der Waals surface area contributed by atoms with E-state index >= 15 is 0 Å². The molecule has 3 heterocycles. The Morgan fingerprint density at radius 2 is 1.84 bits per heavy atom. The number of halogens is 2. The highest BCUT2D eigenvalue weighted by atomic mass is 19.3. The Balaban J connectivity index is 1.24. The molecule has 1 aliphatic carbocycles. The van der Waals surface area contributed by atoms with E-state index in [0.29, 0.717) is 17.1 Å². The van der Waals surface area contributed by atoms with Crippen LogP contribution in [0.25, 0.3) is 5.57 Å². The number of allylic oxidation sites excluding steroid dienone is 1. The number of aromatic nitrogens is 3. The van der Waals surface area contributed by atoms with Crippen molar-refractivity contribution < 1.29 is 18.3 Å². The Morgan fingerprint density at radius 1 is 1.05 bits per heavy atom. The summed E-state index contributed by atoms with van der Waals surface area (Å²) >= 11 is 0. The first kappa shape index (κ1) is 25.5. The lowest BCUT2D eigenvalue weighted by atomic mass is 10.2. The third-order valence-corrected chi connectivity index (χ3v) is 6.92. The molecule has 10 heteroatoms. The zero-order chi connectivity index (χ0) is 26.5. The minimum absolute atomic E-state index is 0.0892. The molecular weight excluding hydrogens is 490 g/mol. The van der Waals surface area contributed by atoms with Gasteiger partial charge in [0.15, 0.2) is 5.82 Å². The van der Waals surface area contributed by atoms with Gasteiger partial charge in [-0.2, -0.15) is 10.2 Å². The van der Waals surface area contributed by atoms with E-state index in [1.165, 1.54) is 6.20 Å². The molecule has 5 rings (SSSR count). The Bertz CT molecular complexity index is 1320. The summed E-state index contributed by atoms with van der Waals surface area (Å²) in [5, 5.41) is 8.97. The van der Waals surface area contributed by atoms with Crippen molar-refractivity contribution in [1.29, 1.82) is 5.26 Å². The maximum absolute atomic E-state index is 13.6. The van der Waals surface area contributed by atoms with E-state index in [2.05, 4.69) is 36.9 Å². The van der Waals surface area contributed by atoms with Crippen molar-refractivity contribution in [1.82, 2.24) is 19.9 Å². The molecule has 0 N–H and O–H groups in total. The third-order valence-electron chi connectivity index (χ3n) is 6.92. The van der Waals surface area contributed by atoms with Crippen LogP contribution in [0.1, 0.15) is 41.8 Å². The Labute approximate surface area is 220 Å². The molecule has 1 saturated heterocycles. The second-order valence-corrected chi connectivity index (χ2v) is 9.23. The number of anilines is 1. The summed E-state index contributed by atoms with van der Waals surface area (Å²) in [7, 11) is 1.58. The van der Waals surface area contributed by atoms with Crippen molar-refractivity contribution in [2.75, 3.05) is 38.2 Å². The first-order valence-corrected chi connectivity index (χ1v) is 12.5. The summed E-state index contributed by atoms with van der Waals surface area (Å²) < 4.78 is 38.2. The molecular formula is C28H28F2N6O2. The van der Waals surface area contributed by atoms with Gasteiger partial charge in [-0.15, -0.1) is 0 Å². The second kappa shape index (κ2) is 11.5. The van der Waals surface area contributed by atoms with Crippen molar-refractivity contribution in [2.24, 2.45) is 0 Å². The normalized spacial score (nSPS) is 17.8. The van der Waals surface area contributed by atoms with Gasteiger partial charge in [0.2, 0.25) is 5.88 Å². The quantitative estimate of drug-likeness (QED) is 0.426. The lowest BCUT2D eigenvalue weighted by molar-refractivity contribution is 0.142. The number of hydrogen-bond acceptors (Lipinski definition) is 8. The molecule has 1 aromatic carbocycles. The fraction of sp³-hybridized carbons (Fsp3) is 0.357. The maximum atomic E-state index is 13.6. The van der Waals surface area contributed by atoms with E-state index < -0.39 is 6.43 Å². The van der Waals surface area contributed by atoms with E-state index in [1.807, 2.05) is 18.2 Å². The molecule has 2 aliphatic rings. The molecule has 0 radical (unpaired) electrons. The van der Waals surface area contributed by atoms with E-state index in [-0.39, 0.29) is 24.1 Å². The summed E-state index contributed by atoms with van der Waals surface area (Å²) in [6.07, 6.45) is 3.89. The van der Waals surface area contributed by atoms with Crippen LogP contribution in [-0.4, -0.2) is 59.2 Å². The van der Waals surface area contributed by atoms with Crippen LogP contribution in [0, 0.1) is 11.3 Å². The third kappa shape index (κ3) is 5.73. The number of pyridine rings is 1. The van der Waals surface area contributed by atoms with Gasteiger partial charge in [0.05, 0.1) is 18.2 Å². The van der Waals surface area contributed by atoms with Gasteiger partial charge in [-0.1, -0.05) is 18.2 Å². The van der Waals surface area contributed by atoms with Gasteiger partial charge < -0.3 is 14.4 Å². The summed E-state index contributed by atoms with van der Waals surface area (Å²) in [6.45, 7) is 3.53. The molecule has 2 aromatic heterocycles. The number of nitriles is 1. The Hall–Kier alpha value is -4.10. The highest BCUT2D eigenvalue weighted by Crippen LogP contribution is 2.33. The Morgan fingerprint density at radius 3 is 2.50 bits per heavy atom. The number of piperazine rings is 1. The molecule has 0 bridgehead atoms. The summed E-state index contributed by atoms with van der Waals surface area (Å²) in [4.78, 5) is 17.7. The van der Waals surface area contributed by atoms with E-state index in [1.54, 1.807) is 31.5 Å². The van der Waals surface area contributed by atoms with Gasteiger partial charge >= 0.3 is 0 Å². The highest BCUT2D eigenvalue weighted by molar-refractivity contribution is 5.63. The average molecular weight is 519 g/mol. The number of hydrogen-bond donors (Lipinski definition) is 0. The summed E-state index contributed by atoms with van der Waals surface area (Å²) in [6, 6.07) is 13.2. The molecule has 1 aliphatic heterocycles. The number of methoxy groups -OCH3 is 1. The smallest absolute Gasteiger partial charge is 0.270 e. The molecule has 1 atom stereocenters. The number of benzene rings is 1. The van der Waals surface area contributed by atoms with Crippen LogP contribution in [0.4, 0.5) is 14.6 Å². The summed E-state index contributed by atoms with van der Waals surface area (Å²) in [5.41, 5.74) is 2.00. The zero-order valence-corrected chi connectivity index (χ0v) is 21.1. The van der Waals surface area contributed by atoms with Crippen LogP contribution in [0.2, 0.25) is 0 Å². The van der Waals surface area contributed by atoms with Crippen molar-refractivity contribution >= 4 is 11.4 Å². The average Bonchev–Trinajstić information content (AvgIpc) is 3.47. The van der Waals surface area contributed by atoms with E-state index in [4.69, 9.17) is 14.7 Å². The number of ether oxygens (including phenoxy) is 2. The number of rotatable bonds is 8. The van der Waals surface area contributed by atoms with Crippen LogP contribution >= 0.6 is 0 Å².